The molecule has 1 saturated carbocycles. The van der Waals surface area contributed by atoms with Crippen molar-refractivity contribution in [2.45, 2.75) is 25.7 Å². The number of halogens is 1. The van der Waals surface area contributed by atoms with E-state index in [9.17, 15) is 4.79 Å². The Morgan fingerprint density at radius 2 is 1.94 bits per heavy atom. The minimum absolute atomic E-state index is 0.430. The van der Waals surface area contributed by atoms with Gasteiger partial charge in [-0.25, -0.2) is 4.79 Å². The molecule has 0 amide bonds. The van der Waals surface area contributed by atoms with E-state index < -0.39 is 5.97 Å². The van der Waals surface area contributed by atoms with E-state index in [1.54, 1.807) is 6.92 Å². The molecular weight excluding hydrogens is 280 g/mol. The van der Waals surface area contributed by atoms with Crippen LogP contribution >= 0.6 is 15.9 Å². The summed E-state index contributed by atoms with van der Waals surface area (Å²) < 4.78 is 1.10. The summed E-state index contributed by atoms with van der Waals surface area (Å²) in [5.74, 6) is 0.211. The lowest BCUT2D eigenvalue weighted by atomic mass is 9.71. The molecule has 1 N–H and O–H groups in total. The summed E-state index contributed by atoms with van der Waals surface area (Å²) in [5.41, 5.74) is 1.81. The summed E-state index contributed by atoms with van der Waals surface area (Å²) in [7, 11) is 0. The van der Waals surface area contributed by atoms with Crippen LogP contribution in [0.1, 0.15) is 31.2 Å². The maximum atomic E-state index is 10.7. The molecule has 0 spiro atoms. The maximum Gasteiger partial charge on any atom is 0.330 e. The van der Waals surface area contributed by atoms with Gasteiger partial charge in [-0.2, -0.15) is 0 Å². The predicted octanol–water partition coefficient (Wildman–Crippen LogP) is 3.97. The van der Waals surface area contributed by atoms with Gasteiger partial charge in [-0.1, -0.05) is 34.1 Å². The fourth-order valence-electron chi connectivity index (χ4n) is 2.23. The normalized spacial score (nSPS) is 24.2. The zero-order chi connectivity index (χ0) is 12.4. The van der Waals surface area contributed by atoms with Crippen LogP contribution in [-0.2, 0) is 4.79 Å². The summed E-state index contributed by atoms with van der Waals surface area (Å²) in [6, 6.07) is 8.39. The molecule has 2 rings (SSSR count). The smallest absolute Gasteiger partial charge is 0.330 e. The molecule has 0 aliphatic heterocycles. The third-order valence-electron chi connectivity index (χ3n) is 3.34. The molecule has 90 valence electrons. The van der Waals surface area contributed by atoms with E-state index in [1.165, 1.54) is 5.56 Å². The molecule has 0 saturated heterocycles. The van der Waals surface area contributed by atoms with Gasteiger partial charge in [-0.15, -0.1) is 0 Å². The van der Waals surface area contributed by atoms with Gasteiger partial charge in [0.1, 0.15) is 0 Å². The Morgan fingerprint density at radius 1 is 1.35 bits per heavy atom. The number of benzene rings is 1. The monoisotopic (exact) mass is 294 g/mol. The van der Waals surface area contributed by atoms with Crippen LogP contribution in [0, 0.1) is 5.92 Å². The zero-order valence-corrected chi connectivity index (χ0v) is 11.3. The molecule has 2 nitrogen and oxygen atoms in total. The Kier molecular flexibility index (Phi) is 3.67. The van der Waals surface area contributed by atoms with Crippen LogP contribution in [0.15, 0.2) is 40.4 Å². The number of carboxylic acid groups (broad SMARTS) is 1. The standard InChI is InChI=1S/C14H15BrO2/c1-9(14(16)17)6-10-7-12(8-10)11-2-4-13(15)5-3-11/h2-6,10,12H,7-8H2,1H3,(H,16,17)/t10-,12+. The van der Waals surface area contributed by atoms with Crippen molar-refractivity contribution in [3.05, 3.63) is 46.0 Å². The molecule has 1 aliphatic carbocycles. The van der Waals surface area contributed by atoms with Crippen molar-refractivity contribution in [1.29, 1.82) is 0 Å². The molecule has 3 heteroatoms. The third kappa shape index (κ3) is 2.97. The molecule has 1 aromatic rings. The molecular formula is C14H15BrO2. The zero-order valence-electron chi connectivity index (χ0n) is 9.69. The summed E-state index contributed by atoms with van der Waals surface area (Å²) in [6.07, 6.45) is 4.01. The van der Waals surface area contributed by atoms with Crippen LogP contribution in [0.5, 0.6) is 0 Å². The average Bonchev–Trinajstić information content (AvgIpc) is 2.24. The van der Waals surface area contributed by atoms with E-state index in [-0.39, 0.29) is 0 Å². The van der Waals surface area contributed by atoms with E-state index in [4.69, 9.17) is 5.11 Å². The Bertz CT molecular complexity index is 442. The van der Waals surface area contributed by atoms with Gasteiger partial charge in [-0.3, -0.25) is 0 Å². The minimum Gasteiger partial charge on any atom is -0.478 e. The largest absolute Gasteiger partial charge is 0.478 e. The topological polar surface area (TPSA) is 37.3 Å². The first-order chi connectivity index (χ1) is 8.06. The second-order valence-electron chi connectivity index (χ2n) is 4.63. The molecule has 0 radical (unpaired) electrons. The van der Waals surface area contributed by atoms with Gasteiger partial charge in [0.15, 0.2) is 0 Å². The van der Waals surface area contributed by atoms with Gasteiger partial charge >= 0.3 is 5.97 Å². The van der Waals surface area contributed by atoms with Crippen molar-refractivity contribution in [1.82, 2.24) is 0 Å². The maximum absolute atomic E-state index is 10.7. The second-order valence-corrected chi connectivity index (χ2v) is 5.55. The van der Waals surface area contributed by atoms with Gasteiger partial charge in [0.25, 0.3) is 0 Å². The number of carboxylic acids is 1. The van der Waals surface area contributed by atoms with Gasteiger partial charge in [0.2, 0.25) is 0 Å². The fraction of sp³-hybridized carbons (Fsp3) is 0.357. The number of carbonyl (C=O) groups is 1. The van der Waals surface area contributed by atoms with Crippen LogP contribution in [0.2, 0.25) is 0 Å². The van der Waals surface area contributed by atoms with E-state index in [0.29, 0.717) is 17.4 Å². The molecule has 0 unspecified atom stereocenters. The number of allylic oxidation sites excluding steroid dienone is 1. The predicted molar refractivity (Wildman–Crippen MR) is 71.0 cm³/mol. The molecule has 0 heterocycles. The van der Waals surface area contributed by atoms with Crippen molar-refractivity contribution < 1.29 is 9.90 Å². The van der Waals surface area contributed by atoms with Crippen LogP contribution in [0.4, 0.5) is 0 Å². The Hall–Kier alpha value is -1.09. The van der Waals surface area contributed by atoms with Crippen LogP contribution in [0.3, 0.4) is 0 Å². The molecule has 1 fully saturated rings. The summed E-state index contributed by atoms with van der Waals surface area (Å²) in [5, 5.41) is 8.79. The van der Waals surface area contributed by atoms with Crippen LogP contribution < -0.4 is 0 Å². The average molecular weight is 295 g/mol. The molecule has 0 bridgehead atoms. The molecule has 0 aromatic heterocycles. The Labute approximate surface area is 109 Å². The fourth-order valence-corrected chi connectivity index (χ4v) is 2.49. The van der Waals surface area contributed by atoms with Crippen molar-refractivity contribution in [3.8, 4) is 0 Å². The van der Waals surface area contributed by atoms with Gasteiger partial charge in [0, 0.05) is 10.0 Å². The van der Waals surface area contributed by atoms with Crippen molar-refractivity contribution >= 4 is 21.9 Å². The lowest BCUT2D eigenvalue weighted by Gasteiger charge is -2.34. The van der Waals surface area contributed by atoms with Crippen LogP contribution in [-0.4, -0.2) is 11.1 Å². The SMILES string of the molecule is CC(=C[C@H]1C[C@@H](c2ccc(Br)cc2)C1)C(=O)O. The second kappa shape index (κ2) is 5.05. The van der Waals surface area contributed by atoms with E-state index >= 15 is 0 Å². The summed E-state index contributed by atoms with van der Waals surface area (Å²) >= 11 is 3.42. The number of hydrogen-bond donors (Lipinski definition) is 1. The summed E-state index contributed by atoms with van der Waals surface area (Å²) in [6.45, 7) is 1.66. The van der Waals surface area contributed by atoms with Gasteiger partial charge < -0.3 is 5.11 Å². The highest BCUT2D eigenvalue weighted by Gasteiger charge is 2.29. The highest BCUT2D eigenvalue weighted by Crippen LogP contribution is 2.42. The number of rotatable bonds is 3. The molecule has 1 aliphatic rings. The minimum atomic E-state index is -0.808. The van der Waals surface area contributed by atoms with Gasteiger partial charge in [-0.05, 0) is 49.3 Å². The Balaban J connectivity index is 1.93. The van der Waals surface area contributed by atoms with E-state index in [1.807, 2.05) is 6.08 Å². The highest BCUT2D eigenvalue weighted by atomic mass is 79.9. The van der Waals surface area contributed by atoms with Gasteiger partial charge in [0.05, 0.1) is 0 Å². The molecule has 1 aromatic carbocycles. The number of aliphatic carboxylic acids is 1. The van der Waals surface area contributed by atoms with Crippen molar-refractivity contribution in [3.63, 3.8) is 0 Å². The third-order valence-corrected chi connectivity index (χ3v) is 3.87. The van der Waals surface area contributed by atoms with E-state index in [2.05, 4.69) is 40.2 Å². The lowest BCUT2D eigenvalue weighted by Crippen LogP contribution is -2.20. The lowest BCUT2D eigenvalue weighted by molar-refractivity contribution is -0.132. The first-order valence-corrected chi connectivity index (χ1v) is 6.52. The first kappa shape index (κ1) is 12.4. The molecule has 17 heavy (non-hydrogen) atoms. The van der Waals surface area contributed by atoms with Crippen LogP contribution in [0.25, 0.3) is 0 Å². The summed E-state index contributed by atoms with van der Waals surface area (Å²) in [4.78, 5) is 10.7. The van der Waals surface area contributed by atoms with E-state index in [0.717, 1.165) is 17.3 Å². The number of hydrogen-bond acceptors (Lipinski definition) is 1. The highest BCUT2D eigenvalue weighted by molar-refractivity contribution is 9.10. The van der Waals surface area contributed by atoms with Crippen molar-refractivity contribution in [2.24, 2.45) is 5.92 Å². The first-order valence-electron chi connectivity index (χ1n) is 5.73. The molecule has 0 atom stereocenters. The quantitative estimate of drug-likeness (QED) is 0.857. The Morgan fingerprint density at radius 3 is 2.47 bits per heavy atom. The van der Waals surface area contributed by atoms with Crippen molar-refractivity contribution in [2.75, 3.05) is 0 Å².